The highest BCUT2D eigenvalue weighted by molar-refractivity contribution is 5.74. The Morgan fingerprint density at radius 3 is 2.52 bits per heavy atom. The van der Waals surface area contributed by atoms with E-state index in [0.717, 1.165) is 49.7 Å². The molecule has 0 unspecified atom stereocenters. The summed E-state index contributed by atoms with van der Waals surface area (Å²) in [4.78, 5) is 20.7. The van der Waals surface area contributed by atoms with Gasteiger partial charge in [-0.2, -0.15) is 0 Å². The van der Waals surface area contributed by atoms with Crippen LogP contribution in [0.4, 0.5) is 10.5 Å². The summed E-state index contributed by atoms with van der Waals surface area (Å²) in [5.41, 5.74) is 2.16. The molecule has 2 amide bonds. The summed E-state index contributed by atoms with van der Waals surface area (Å²) in [7, 11) is 1.67. The normalized spacial score (nSPS) is 14.3. The smallest absolute Gasteiger partial charge is 0.317 e. The van der Waals surface area contributed by atoms with Gasteiger partial charge in [0, 0.05) is 56.7 Å². The summed E-state index contributed by atoms with van der Waals surface area (Å²) in [6, 6.07) is 13.9. The minimum absolute atomic E-state index is 0.00492. The van der Waals surface area contributed by atoms with E-state index in [9.17, 15) is 4.79 Å². The topological polar surface area (TPSA) is 57.7 Å². The van der Waals surface area contributed by atoms with Crippen LogP contribution in [0.25, 0.3) is 0 Å². The van der Waals surface area contributed by atoms with Crippen molar-refractivity contribution in [3.63, 3.8) is 0 Å². The van der Waals surface area contributed by atoms with Crippen LogP contribution in [0.1, 0.15) is 5.69 Å². The number of urea groups is 1. The Bertz CT molecular complexity index is 668. The molecule has 0 atom stereocenters. The lowest BCUT2D eigenvalue weighted by atomic mass is 10.2. The molecule has 1 aliphatic rings. The first-order valence-corrected chi connectivity index (χ1v) is 8.58. The second kappa shape index (κ2) is 8.37. The number of ether oxygens (including phenoxy) is 1. The molecule has 0 saturated carbocycles. The lowest BCUT2D eigenvalue weighted by molar-refractivity contribution is 0.194. The lowest BCUT2D eigenvalue weighted by Crippen LogP contribution is -2.52. The summed E-state index contributed by atoms with van der Waals surface area (Å²) in [5.74, 6) is 0.856. The van der Waals surface area contributed by atoms with Crippen LogP contribution in [0, 0.1) is 0 Å². The fraction of sp³-hybridized carbons (Fsp3) is 0.368. The zero-order valence-corrected chi connectivity index (χ0v) is 14.5. The quantitative estimate of drug-likeness (QED) is 0.906. The van der Waals surface area contributed by atoms with Gasteiger partial charge >= 0.3 is 6.03 Å². The number of nitrogens with zero attached hydrogens (tertiary/aromatic N) is 3. The van der Waals surface area contributed by atoms with E-state index in [4.69, 9.17) is 4.74 Å². The molecule has 0 spiro atoms. The number of rotatable bonds is 5. The van der Waals surface area contributed by atoms with Gasteiger partial charge in [0.15, 0.2) is 0 Å². The van der Waals surface area contributed by atoms with Crippen molar-refractivity contribution in [1.29, 1.82) is 0 Å². The Morgan fingerprint density at radius 1 is 1.12 bits per heavy atom. The number of piperazine rings is 1. The number of carbonyl (C=O) groups excluding carboxylic acids is 1. The molecule has 1 aliphatic heterocycles. The molecule has 1 N–H and O–H groups in total. The molecule has 0 radical (unpaired) electrons. The zero-order chi connectivity index (χ0) is 17.5. The monoisotopic (exact) mass is 340 g/mol. The SMILES string of the molecule is COc1ccc(N2CCN(C(=O)NCCc3ccccn3)CC2)cc1. The van der Waals surface area contributed by atoms with Gasteiger partial charge in [-0.25, -0.2) is 4.79 Å². The minimum Gasteiger partial charge on any atom is -0.497 e. The molecule has 1 aromatic heterocycles. The summed E-state index contributed by atoms with van der Waals surface area (Å²) in [6.45, 7) is 3.72. The fourth-order valence-electron chi connectivity index (χ4n) is 2.92. The number of hydrogen-bond donors (Lipinski definition) is 1. The number of aromatic nitrogens is 1. The number of anilines is 1. The molecule has 2 aromatic rings. The first-order chi connectivity index (χ1) is 12.3. The Kier molecular flexibility index (Phi) is 5.72. The third kappa shape index (κ3) is 4.62. The van der Waals surface area contributed by atoms with Crippen molar-refractivity contribution >= 4 is 11.7 Å². The number of nitrogens with one attached hydrogen (secondary N) is 1. The molecule has 0 bridgehead atoms. The van der Waals surface area contributed by atoms with Gasteiger partial charge in [-0.15, -0.1) is 0 Å². The maximum absolute atomic E-state index is 12.3. The molecule has 6 nitrogen and oxygen atoms in total. The Morgan fingerprint density at radius 2 is 1.88 bits per heavy atom. The fourth-order valence-corrected chi connectivity index (χ4v) is 2.92. The van der Waals surface area contributed by atoms with Gasteiger partial charge in [0.05, 0.1) is 7.11 Å². The zero-order valence-electron chi connectivity index (χ0n) is 14.5. The van der Waals surface area contributed by atoms with Crippen LogP contribution in [0.15, 0.2) is 48.7 Å². The van der Waals surface area contributed by atoms with E-state index < -0.39 is 0 Å². The number of methoxy groups -OCH3 is 1. The Balaban J connectivity index is 1.42. The summed E-state index contributed by atoms with van der Waals surface area (Å²) >= 11 is 0. The number of hydrogen-bond acceptors (Lipinski definition) is 4. The van der Waals surface area contributed by atoms with Crippen molar-refractivity contribution in [2.75, 3.05) is 44.7 Å². The van der Waals surface area contributed by atoms with Crippen molar-refractivity contribution in [3.8, 4) is 5.75 Å². The Labute approximate surface area is 148 Å². The van der Waals surface area contributed by atoms with E-state index in [1.54, 1.807) is 13.3 Å². The highest BCUT2D eigenvalue weighted by Crippen LogP contribution is 2.20. The van der Waals surface area contributed by atoms with Gasteiger partial charge in [0.2, 0.25) is 0 Å². The van der Waals surface area contributed by atoms with Crippen LogP contribution < -0.4 is 15.0 Å². The third-order valence-corrected chi connectivity index (χ3v) is 4.39. The Hall–Kier alpha value is -2.76. The van der Waals surface area contributed by atoms with Crippen molar-refractivity contribution in [2.45, 2.75) is 6.42 Å². The highest BCUT2D eigenvalue weighted by Gasteiger charge is 2.21. The average Bonchev–Trinajstić information content (AvgIpc) is 2.69. The van der Waals surface area contributed by atoms with Gasteiger partial charge in [0.1, 0.15) is 5.75 Å². The second-order valence-electron chi connectivity index (χ2n) is 5.98. The maximum atomic E-state index is 12.3. The van der Waals surface area contributed by atoms with Gasteiger partial charge in [-0.05, 0) is 36.4 Å². The van der Waals surface area contributed by atoms with Crippen molar-refractivity contribution in [2.24, 2.45) is 0 Å². The molecule has 3 rings (SSSR count). The predicted molar refractivity (Wildman–Crippen MR) is 98.1 cm³/mol. The van der Waals surface area contributed by atoms with E-state index in [1.807, 2.05) is 35.2 Å². The largest absolute Gasteiger partial charge is 0.497 e. The molecule has 6 heteroatoms. The predicted octanol–water partition coefficient (Wildman–Crippen LogP) is 2.16. The molecule has 25 heavy (non-hydrogen) atoms. The number of carbonyl (C=O) groups is 1. The molecule has 1 saturated heterocycles. The van der Waals surface area contributed by atoms with E-state index in [1.165, 1.54) is 0 Å². The summed E-state index contributed by atoms with van der Waals surface area (Å²) < 4.78 is 5.19. The minimum atomic E-state index is 0.00492. The molecule has 0 aliphatic carbocycles. The molecule has 1 aromatic carbocycles. The van der Waals surface area contributed by atoms with Crippen LogP contribution in [-0.2, 0) is 6.42 Å². The summed E-state index contributed by atoms with van der Waals surface area (Å²) in [5, 5.41) is 2.98. The van der Waals surface area contributed by atoms with Crippen LogP contribution in [0.2, 0.25) is 0 Å². The number of benzene rings is 1. The van der Waals surface area contributed by atoms with E-state index in [2.05, 4.69) is 27.3 Å². The van der Waals surface area contributed by atoms with E-state index in [-0.39, 0.29) is 6.03 Å². The third-order valence-electron chi connectivity index (χ3n) is 4.39. The van der Waals surface area contributed by atoms with Crippen molar-refractivity contribution in [3.05, 3.63) is 54.4 Å². The highest BCUT2D eigenvalue weighted by atomic mass is 16.5. The first kappa shape index (κ1) is 17.1. The van der Waals surface area contributed by atoms with Gasteiger partial charge in [0.25, 0.3) is 0 Å². The van der Waals surface area contributed by atoms with Crippen LogP contribution in [0.5, 0.6) is 5.75 Å². The van der Waals surface area contributed by atoms with Gasteiger partial charge < -0.3 is 19.9 Å². The molecule has 132 valence electrons. The summed E-state index contributed by atoms with van der Waals surface area (Å²) in [6.07, 6.45) is 2.52. The maximum Gasteiger partial charge on any atom is 0.317 e. The van der Waals surface area contributed by atoms with E-state index >= 15 is 0 Å². The van der Waals surface area contributed by atoms with Gasteiger partial charge in [-0.1, -0.05) is 6.07 Å². The lowest BCUT2D eigenvalue weighted by Gasteiger charge is -2.36. The standard InChI is InChI=1S/C19H24N4O2/c1-25-18-7-5-17(6-8-18)22-12-14-23(15-13-22)19(24)21-11-9-16-4-2-3-10-20-16/h2-8,10H,9,11-15H2,1H3,(H,21,24). The van der Waals surface area contributed by atoms with Crippen molar-refractivity contribution in [1.82, 2.24) is 15.2 Å². The molecule has 2 heterocycles. The van der Waals surface area contributed by atoms with Crippen molar-refractivity contribution < 1.29 is 9.53 Å². The van der Waals surface area contributed by atoms with Crippen LogP contribution in [0.3, 0.4) is 0 Å². The molecule has 1 fully saturated rings. The van der Waals surface area contributed by atoms with Crippen LogP contribution >= 0.6 is 0 Å². The number of amides is 2. The van der Waals surface area contributed by atoms with Crippen LogP contribution in [-0.4, -0.2) is 55.7 Å². The number of pyridine rings is 1. The van der Waals surface area contributed by atoms with E-state index in [0.29, 0.717) is 6.54 Å². The molecular weight excluding hydrogens is 316 g/mol. The van der Waals surface area contributed by atoms with Gasteiger partial charge in [-0.3, -0.25) is 4.98 Å². The second-order valence-corrected chi connectivity index (χ2v) is 5.98. The first-order valence-electron chi connectivity index (χ1n) is 8.58. The molecular formula is C19H24N4O2. The average molecular weight is 340 g/mol.